The van der Waals surface area contributed by atoms with E-state index < -0.39 is 0 Å². The Bertz CT molecular complexity index is 1020. The molecule has 0 saturated heterocycles. The van der Waals surface area contributed by atoms with Crippen molar-refractivity contribution in [3.05, 3.63) is 52.9 Å². The number of fused-ring (bicyclic) bond motifs is 5. The van der Waals surface area contributed by atoms with E-state index in [4.69, 9.17) is 4.74 Å². The molecule has 3 aliphatic rings. The maximum absolute atomic E-state index is 13.5. The molecule has 2 fully saturated rings. The first kappa shape index (κ1) is 20.5. The van der Waals surface area contributed by atoms with Crippen molar-refractivity contribution < 1.29 is 9.53 Å². The highest BCUT2D eigenvalue weighted by Gasteiger charge is 2.56. The van der Waals surface area contributed by atoms with Crippen LogP contribution in [0.1, 0.15) is 75.0 Å². The topological polar surface area (TPSA) is 44.1 Å². The van der Waals surface area contributed by atoms with Crippen LogP contribution in [0.2, 0.25) is 0 Å². The van der Waals surface area contributed by atoms with Gasteiger partial charge in [0, 0.05) is 24.2 Å². The first-order chi connectivity index (χ1) is 15.0. The average molecular weight is 419 g/mol. The molecule has 0 N–H and O–H groups in total. The molecule has 164 valence electrons. The van der Waals surface area contributed by atoms with Gasteiger partial charge >= 0.3 is 0 Å². The summed E-state index contributed by atoms with van der Waals surface area (Å²) in [5.74, 6) is 3.03. The van der Waals surface area contributed by atoms with E-state index in [1.165, 1.54) is 17.5 Å². The lowest BCUT2D eigenvalue weighted by atomic mass is 9.55. The summed E-state index contributed by atoms with van der Waals surface area (Å²) in [6, 6.07) is 6.76. The molecule has 31 heavy (non-hydrogen) atoms. The fourth-order valence-electron chi connectivity index (χ4n) is 6.50. The summed E-state index contributed by atoms with van der Waals surface area (Å²) < 4.78 is 7.76. The number of hydrogen-bond acceptors (Lipinski definition) is 3. The normalized spacial score (nSPS) is 30.7. The van der Waals surface area contributed by atoms with E-state index in [-0.39, 0.29) is 5.41 Å². The summed E-state index contributed by atoms with van der Waals surface area (Å²) in [5.41, 5.74) is 4.82. The zero-order valence-electron chi connectivity index (χ0n) is 19.1. The number of hydrogen-bond donors (Lipinski definition) is 0. The molecule has 1 aromatic carbocycles. The van der Waals surface area contributed by atoms with Crippen LogP contribution >= 0.6 is 0 Å². The van der Waals surface area contributed by atoms with Crippen LogP contribution in [0.15, 0.2) is 36.2 Å². The van der Waals surface area contributed by atoms with Crippen LogP contribution in [0.4, 0.5) is 0 Å². The average Bonchev–Trinajstić information content (AvgIpc) is 3.29. The van der Waals surface area contributed by atoms with Gasteiger partial charge in [-0.15, -0.1) is 0 Å². The predicted molar refractivity (Wildman–Crippen MR) is 123 cm³/mol. The number of allylic oxidation sites excluding steroid dienone is 1. The minimum atomic E-state index is -0.198. The summed E-state index contributed by atoms with van der Waals surface area (Å²) in [6.45, 7) is 5.23. The molecule has 0 bridgehead atoms. The molecule has 0 spiro atoms. The number of aromatic nitrogens is 2. The Morgan fingerprint density at radius 3 is 2.97 bits per heavy atom. The van der Waals surface area contributed by atoms with E-state index >= 15 is 0 Å². The molecule has 2 saturated carbocycles. The summed E-state index contributed by atoms with van der Waals surface area (Å²) >= 11 is 0. The monoisotopic (exact) mass is 418 g/mol. The molecule has 4 atom stereocenters. The minimum absolute atomic E-state index is 0.198. The number of nitrogens with zero attached hydrogens (tertiary/aromatic N) is 2. The molecule has 0 amide bonds. The molecule has 3 aliphatic carbocycles. The molecule has 0 unspecified atom stereocenters. The summed E-state index contributed by atoms with van der Waals surface area (Å²) in [5, 5.41) is 4.26. The van der Waals surface area contributed by atoms with E-state index in [0.29, 0.717) is 23.5 Å². The second-order valence-electron chi connectivity index (χ2n) is 10.1. The Balaban J connectivity index is 1.39. The van der Waals surface area contributed by atoms with Gasteiger partial charge in [-0.3, -0.25) is 9.48 Å². The highest BCUT2D eigenvalue weighted by molar-refractivity contribution is 6.05. The van der Waals surface area contributed by atoms with Crippen molar-refractivity contribution in [1.82, 2.24) is 9.78 Å². The number of ether oxygens (including phenoxy) is 1. The smallest absolute Gasteiger partial charge is 0.165 e. The summed E-state index contributed by atoms with van der Waals surface area (Å²) in [4.78, 5) is 13.5. The number of carbonyl (C=O) groups excluding carboxylic acids is 1. The third-order valence-corrected chi connectivity index (χ3v) is 8.17. The van der Waals surface area contributed by atoms with Gasteiger partial charge in [0.2, 0.25) is 0 Å². The highest BCUT2D eigenvalue weighted by Crippen LogP contribution is 2.60. The van der Waals surface area contributed by atoms with Gasteiger partial charge in [-0.05, 0) is 91.2 Å². The van der Waals surface area contributed by atoms with Gasteiger partial charge < -0.3 is 4.74 Å². The minimum Gasteiger partial charge on any atom is -0.494 e. The second kappa shape index (κ2) is 7.96. The van der Waals surface area contributed by atoms with Gasteiger partial charge in [0.1, 0.15) is 5.75 Å². The lowest BCUT2D eigenvalue weighted by Gasteiger charge is -2.48. The standard InChI is InChI=1S/C27H34N2O2/c1-4-5-12-31-21-7-9-22-19(14-21)6-8-24-23(22)10-11-27(2)25(24)15-20(26(27)30)13-18-16-28-29(3)17-18/h7,9,13-14,16-17,23-25H,4-6,8,10-12,15H2,1-3H3/b20-13+/t23-,24+,25-,27-/m1/s1. The number of carbonyl (C=O) groups is 1. The van der Waals surface area contributed by atoms with Crippen LogP contribution in [-0.4, -0.2) is 22.2 Å². The van der Waals surface area contributed by atoms with Gasteiger partial charge in [-0.1, -0.05) is 26.3 Å². The predicted octanol–water partition coefficient (Wildman–Crippen LogP) is 5.72. The van der Waals surface area contributed by atoms with Gasteiger partial charge in [0.05, 0.1) is 12.8 Å². The van der Waals surface area contributed by atoms with Crippen molar-refractivity contribution in [3.8, 4) is 5.75 Å². The molecule has 4 nitrogen and oxygen atoms in total. The molecule has 0 radical (unpaired) electrons. The van der Waals surface area contributed by atoms with Crippen molar-refractivity contribution in [2.45, 2.75) is 64.7 Å². The van der Waals surface area contributed by atoms with Crippen LogP contribution in [0.25, 0.3) is 6.08 Å². The molecule has 4 heteroatoms. The summed E-state index contributed by atoms with van der Waals surface area (Å²) in [7, 11) is 1.92. The van der Waals surface area contributed by atoms with Crippen molar-refractivity contribution >= 4 is 11.9 Å². The Morgan fingerprint density at radius 2 is 2.19 bits per heavy atom. The van der Waals surface area contributed by atoms with Crippen LogP contribution in [0, 0.1) is 17.3 Å². The Hall–Kier alpha value is -2.36. The van der Waals surface area contributed by atoms with Gasteiger partial charge in [-0.25, -0.2) is 0 Å². The molecule has 5 rings (SSSR count). The molecule has 1 heterocycles. The zero-order chi connectivity index (χ0) is 21.6. The number of ketones is 1. The first-order valence-corrected chi connectivity index (χ1v) is 12.0. The van der Waals surface area contributed by atoms with Crippen LogP contribution in [-0.2, 0) is 18.3 Å². The quantitative estimate of drug-likeness (QED) is 0.461. The lowest BCUT2D eigenvalue weighted by Crippen LogP contribution is -2.42. The maximum Gasteiger partial charge on any atom is 0.165 e. The van der Waals surface area contributed by atoms with Crippen molar-refractivity contribution in [2.75, 3.05) is 6.61 Å². The Morgan fingerprint density at radius 1 is 1.32 bits per heavy atom. The molecule has 2 aromatic rings. The third-order valence-electron chi connectivity index (χ3n) is 8.17. The van der Waals surface area contributed by atoms with Crippen LogP contribution in [0.5, 0.6) is 5.75 Å². The van der Waals surface area contributed by atoms with E-state index in [9.17, 15) is 4.79 Å². The van der Waals surface area contributed by atoms with Gasteiger partial charge in [-0.2, -0.15) is 5.10 Å². The molecular formula is C27H34N2O2. The lowest BCUT2D eigenvalue weighted by molar-refractivity contribution is -0.127. The SMILES string of the molecule is CCCCOc1ccc2c(c1)CC[C@H]1[C@@H]2CC[C@@]2(C)C(=O)/C(=C/c3cnn(C)c3)C[C@H]12. The highest BCUT2D eigenvalue weighted by atomic mass is 16.5. The Labute approximate surface area is 185 Å². The van der Waals surface area contributed by atoms with Crippen molar-refractivity contribution in [3.63, 3.8) is 0 Å². The maximum atomic E-state index is 13.5. The number of Topliss-reactive ketones (excluding diaryl/α,β-unsaturated/α-hetero) is 1. The molecular weight excluding hydrogens is 384 g/mol. The number of aryl methyl sites for hydroxylation is 2. The zero-order valence-corrected chi connectivity index (χ0v) is 19.1. The summed E-state index contributed by atoms with van der Waals surface area (Å²) in [6.07, 6.45) is 13.5. The third kappa shape index (κ3) is 3.54. The van der Waals surface area contributed by atoms with E-state index in [1.807, 2.05) is 19.4 Å². The van der Waals surface area contributed by atoms with Gasteiger partial charge in [0.15, 0.2) is 5.78 Å². The molecule has 1 aromatic heterocycles. The molecule has 0 aliphatic heterocycles. The van der Waals surface area contributed by atoms with E-state index in [1.54, 1.807) is 4.68 Å². The fourth-order valence-corrected chi connectivity index (χ4v) is 6.50. The number of rotatable bonds is 5. The van der Waals surface area contributed by atoms with E-state index in [2.05, 4.69) is 43.2 Å². The second-order valence-corrected chi connectivity index (χ2v) is 10.1. The van der Waals surface area contributed by atoms with Crippen molar-refractivity contribution in [1.29, 1.82) is 0 Å². The van der Waals surface area contributed by atoms with Crippen LogP contribution in [0.3, 0.4) is 0 Å². The fraction of sp³-hybridized carbons (Fsp3) is 0.556. The first-order valence-electron chi connectivity index (χ1n) is 12.0. The Kier molecular flexibility index (Phi) is 5.27. The number of benzene rings is 1. The largest absolute Gasteiger partial charge is 0.494 e. The van der Waals surface area contributed by atoms with E-state index in [0.717, 1.165) is 62.0 Å². The van der Waals surface area contributed by atoms with Gasteiger partial charge in [0.25, 0.3) is 0 Å². The van der Waals surface area contributed by atoms with Crippen LogP contribution < -0.4 is 4.74 Å². The number of unbranched alkanes of at least 4 members (excludes halogenated alkanes) is 1. The van der Waals surface area contributed by atoms with Crippen molar-refractivity contribution in [2.24, 2.45) is 24.3 Å².